The Kier molecular flexibility index (Phi) is 3.95. The van der Waals surface area contributed by atoms with E-state index in [0.29, 0.717) is 17.8 Å². The van der Waals surface area contributed by atoms with E-state index in [9.17, 15) is 18.0 Å². The monoisotopic (exact) mass is 415 g/mol. The van der Waals surface area contributed by atoms with Crippen molar-refractivity contribution in [1.82, 2.24) is 34.3 Å². The van der Waals surface area contributed by atoms with Gasteiger partial charge in [-0.2, -0.15) is 14.9 Å². The molecule has 1 unspecified atom stereocenters. The van der Waals surface area contributed by atoms with Crippen LogP contribution in [0.3, 0.4) is 0 Å². The number of hydrogen-bond donors (Lipinski definition) is 1. The number of rotatable bonds is 2. The fourth-order valence-electron chi connectivity index (χ4n) is 3.92. The van der Waals surface area contributed by atoms with Crippen LogP contribution in [0.5, 0.6) is 0 Å². The number of alkyl halides is 3. The van der Waals surface area contributed by atoms with E-state index in [2.05, 4.69) is 20.2 Å². The molecule has 1 aliphatic heterocycles. The fraction of sp³-hybridized carbons (Fsp3) is 0.263. The summed E-state index contributed by atoms with van der Waals surface area (Å²) < 4.78 is 41.4. The van der Waals surface area contributed by atoms with Gasteiger partial charge in [-0.3, -0.25) is 4.79 Å². The summed E-state index contributed by atoms with van der Waals surface area (Å²) in [6.45, 7) is 2.15. The number of H-pyrrole nitrogens is 1. The summed E-state index contributed by atoms with van der Waals surface area (Å²) in [7, 11) is 0. The zero-order valence-electron chi connectivity index (χ0n) is 15.8. The maximum Gasteiger partial charge on any atom is 0.505 e. The maximum absolute atomic E-state index is 13.3. The van der Waals surface area contributed by atoms with E-state index in [0.717, 1.165) is 29.0 Å². The molecule has 5 heterocycles. The molecule has 0 radical (unpaired) electrons. The van der Waals surface area contributed by atoms with Crippen LogP contribution in [0.15, 0.2) is 43.0 Å². The number of nitrogens with zero attached hydrogens (tertiary/aromatic N) is 6. The molecule has 0 aromatic carbocycles. The van der Waals surface area contributed by atoms with E-state index >= 15 is 0 Å². The van der Waals surface area contributed by atoms with Crippen LogP contribution < -0.4 is 0 Å². The molecule has 1 atom stereocenters. The number of aryl methyl sites for hydroxylation is 1. The van der Waals surface area contributed by atoms with Gasteiger partial charge in [0, 0.05) is 24.9 Å². The van der Waals surface area contributed by atoms with Crippen LogP contribution >= 0.6 is 0 Å². The number of aromatic amines is 1. The first kappa shape index (κ1) is 18.4. The summed E-state index contributed by atoms with van der Waals surface area (Å²) in [5, 5.41) is 7.87. The van der Waals surface area contributed by atoms with E-state index in [1.165, 1.54) is 11.2 Å². The highest BCUT2D eigenvalue weighted by atomic mass is 19.4. The second-order valence-corrected chi connectivity index (χ2v) is 7.10. The number of fused-ring (bicyclic) bond motifs is 2. The Morgan fingerprint density at radius 1 is 1.30 bits per heavy atom. The molecule has 0 spiro atoms. The number of nitrogens with one attached hydrogen (secondary N) is 1. The first-order valence-electron chi connectivity index (χ1n) is 9.24. The molecular formula is C19H16F3N7O. The van der Waals surface area contributed by atoms with E-state index in [-0.39, 0.29) is 11.2 Å². The number of carbonyl (C=O) groups is 1. The SMILES string of the molecule is Cc1cccn2nc(C3c4nc[nH]c4CCN3C(=O)c3ccnn3C(F)(F)F)cc12. The van der Waals surface area contributed by atoms with E-state index in [4.69, 9.17) is 0 Å². The number of imidazole rings is 1. The zero-order valence-corrected chi connectivity index (χ0v) is 15.8. The van der Waals surface area contributed by atoms with E-state index < -0.39 is 23.9 Å². The van der Waals surface area contributed by atoms with Crippen molar-refractivity contribution >= 4 is 11.4 Å². The molecule has 30 heavy (non-hydrogen) atoms. The number of pyridine rings is 1. The normalized spacial score (nSPS) is 16.8. The van der Waals surface area contributed by atoms with Crippen LogP contribution in [0.1, 0.15) is 39.2 Å². The lowest BCUT2D eigenvalue weighted by atomic mass is 9.99. The van der Waals surface area contributed by atoms with Crippen LogP contribution in [0.4, 0.5) is 13.2 Å². The van der Waals surface area contributed by atoms with Gasteiger partial charge in [0.2, 0.25) is 0 Å². The van der Waals surface area contributed by atoms with Gasteiger partial charge < -0.3 is 9.88 Å². The summed E-state index contributed by atoms with van der Waals surface area (Å²) in [4.78, 5) is 22.0. The molecule has 1 N–H and O–H groups in total. The quantitative estimate of drug-likeness (QED) is 0.546. The van der Waals surface area contributed by atoms with Crippen molar-refractivity contribution in [3.63, 3.8) is 0 Å². The predicted octanol–water partition coefficient (Wildman–Crippen LogP) is 2.83. The van der Waals surface area contributed by atoms with Gasteiger partial charge in [-0.15, -0.1) is 13.2 Å². The molecule has 4 aromatic heterocycles. The van der Waals surface area contributed by atoms with E-state index in [1.807, 2.05) is 25.1 Å². The Labute approximate surface area is 167 Å². The summed E-state index contributed by atoms with van der Waals surface area (Å²) >= 11 is 0. The molecule has 8 nitrogen and oxygen atoms in total. The van der Waals surface area contributed by atoms with Crippen LogP contribution in [0, 0.1) is 6.92 Å². The Balaban J connectivity index is 1.63. The highest BCUT2D eigenvalue weighted by Crippen LogP contribution is 2.35. The first-order valence-corrected chi connectivity index (χ1v) is 9.24. The fourth-order valence-corrected chi connectivity index (χ4v) is 3.92. The third kappa shape index (κ3) is 2.77. The molecule has 0 saturated carbocycles. The van der Waals surface area contributed by atoms with Gasteiger partial charge in [-0.25, -0.2) is 9.50 Å². The molecule has 0 fully saturated rings. The number of halogens is 3. The predicted molar refractivity (Wildman–Crippen MR) is 98.6 cm³/mol. The summed E-state index contributed by atoms with van der Waals surface area (Å²) in [6.07, 6.45) is -0.0762. The molecule has 1 amide bonds. The molecule has 0 aliphatic carbocycles. The molecule has 0 bridgehead atoms. The zero-order chi connectivity index (χ0) is 21.0. The number of aromatic nitrogens is 6. The average Bonchev–Trinajstić information content (AvgIpc) is 3.44. The lowest BCUT2D eigenvalue weighted by Crippen LogP contribution is -2.42. The van der Waals surface area contributed by atoms with Crippen LogP contribution in [-0.4, -0.2) is 46.7 Å². The largest absolute Gasteiger partial charge is 0.505 e. The van der Waals surface area contributed by atoms with Crippen molar-refractivity contribution in [1.29, 1.82) is 0 Å². The Bertz CT molecular complexity index is 1250. The van der Waals surface area contributed by atoms with Gasteiger partial charge >= 0.3 is 6.30 Å². The van der Waals surface area contributed by atoms with Crippen molar-refractivity contribution in [3.8, 4) is 0 Å². The minimum absolute atomic E-state index is 0.208. The minimum atomic E-state index is -4.79. The Morgan fingerprint density at radius 2 is 2.13 bits per heavy atom. The standard InChI is InChI=1S/C19H16F3N7O/c1-11-3-2-7-28-15(11)9-13(26-28)17-16-12(23-10-24-16)5-8-27(17)18(30)14-4-6-25-29(14)19(20,21)22/h2-4,6-7,9-10,17H,5,8H2,1H3,(H,23,24). The average molecular weight is 415 g/mol. The molecule has 1 aliphatic rings. The van der Waals surface area contributed by atoms with Crippen LogP contribution in [-0.2, 0) is 12.7 Å². The van der Waals surface area contributed by atoms with Gasteiger partial charge in [0.1, 0.15) is 11.7 Å². The molecule has 154 valence electrons. The third-order valence-electron chi connectivity index (χ3n) is 5.30. The molecule has 0 saturated heterocycles. The molecule has 11 heteroatoms. The van der Waals surface area contributed by atoms with Crippen molar-refractivity contribution < 1.29 is 18.0 Å². The second kappa shape index (κ2) is 6.44. The van der Waals surface area contributed by atoms with Gasteiger partial charge in [-0.05, 0) is 30.7 Å². The van der Waals surface area contributed by atoms with E-state index in [1.54, 1.807) is 10.7 Å². The number of hydrogen-bond acceptors (Lipinski definition) is 4. The van der Waals surface area contributed by atoms with Gasteiger partial charge in [-0.1, -0.05) is 6.07 Å². The second-order valence-electron chi connectivity index (χ2n) is 7.10. The lowest BCUT2D eigenvalue weighted by molar-refractivity contribution is -0.213. The summed E-state index contributed by atoms with van der Waals surface area (Å²) in [6, 6.07) is 5.98. The molecule has 4 aromatic rings. The minimum Gasteiger partial charge on any atom is -0.348 e. The van der Waals surface area contributed by atoms with Crippen molar-refractivity contribution in [3.05, 3.63) is 71.3 Å². The number of carbonyl (C=O) groups excluding carboxylic acids is 1. The van der Waals surface area contributed by atoms with Gasteiger partial charge in [0.25, 0.3) is 5.91 Å². The van der Waals surface area contributed by atoms with Gasteiger partial charge in [0.05, 0.1) is 29.4 Å². The maximum atomic E-state index is 13.3. The highest BCUT2D eigenvalue weighted by molar-refractivity contribution is 5.93. The van der Waals surface area contributed by atoms with Crippen LogP contribution in [0.25, 0.3) is 5.52 Å². The summed E-state index contributed by atoms with van der Waals surface area (Å²) in [5.41, 5.74) is 3.23. The Hall–Kier alpha value is -3.63. The smallest absolute Gasteiger partial charge is 0.348 e. The Morgan fingerprint density at radius 3 is 2.90 bits per heavy atom. The molecule has 5 rings (SSSR count). The highest BCUT2D eigenvalue weighted by Gasteiger charge is 2.41. The van der Waals surface area contributed by atoms with Crippen molar-refractivity contribution in [2.75, 3.05) is 6.54 Å². The van der Waals surface area contributed by atoms with Gasteiger partial charge in [0.15, 0.2) is 0 Å². The summed E-state index contributed by atoms with van der Waals surface area (Å²) in [5.74, 6) is -0.780. The first-order chi connectivity index (χ1) is 14.3. The topological polar surface area (TPSA) is 84.1 Å². The third-order valence-corrected chi connectivity index (χ3v) is 5.30. The molecular weight excluding hydrogens is 399 g/mol. The van der Waals surface area contributed by atoms with Crippen molar-refractivity contribution in [2.45, 2.75) is 25.7 Å². The lowest BCUT2D eigenvalue weighted by Gasteiger charge is -2.34. The number of amides is 1. The van der Waals surface area contributed by atoms with Crippen molar-refractivity contribution in [2.24, 2.45) is 0 Å². The van der Waals surface area contributed by atoms with Crippen LogP contribution in [0.2, 0.25) is 0 Å².